The van der Waals surface area contributed by atoms with Gasteiger partial charge in [-0.25, -0.2) is 4.98 Å². The Hall–Kier alpha value is -1.58. The van der Waals surface area contributed by atoms with E-state index in [9.17, 15) is 4.79 Å². The number of nitrogens with two attached hydrogens (primary N) is 1. The fraction of sp³-hybridized carbons (Fsp3) is 0.571. The molecule has 0 saturated carbocycles. The largest absolute Gasteiger partial charge is 0.384 e. The Kier molecular flexibility index (Phi) is 3.84. The predicted octanol–water partition coefficient (Wildman–Crippen LogP) is 2.23. The van der Waals surface area contributed by atoms with E-state index in [0.717, 1.165) is 37.5 Å². The molecule has 1 aromatic rings. The van der Waals surface area contributed by atoms with Crippen molar-refractivity contribution < 1.29 is 4.79 Å². The Balaban J connectivity index is 2.07. The van der Waals surface area contributed by atoms with Crippen molar-refractivity contribution in [1.29, 1.82) is 0 Å². The van der Waals surface area contributed by atoms with Gasteiger partial charge in [-0.05, 0) is 37.8 Å². The highest BCUT2D eigenvalue weighted by molar-refractivity contribution is 5.95. The first-order chi connectivity index (χ1) is 8.60. The number of hydrogen-bond acceptors (Lipinski definition) is 3. The third-order valence-corrected chi connectivity index (χ3v) is 3.70. The predicted molar refractivity (Wildman–Crippen MR) is 72.3 cm³/mol. The molecule has 0 radical (unpaired) electrons. The van der Waals surface area contributed by atoms with E-state index >= 15 is 0 Å². The maximum Gasteiger partial charge on any atom is 0.254 e. The highest BCUT2D eigenvalue weighted by atomic mass is 16.2. The van der Waals surface area contributed by atoms with Crippen LogP contribution in [0.25, 0.3) is 0 Å². The van der Waals surface area contributed by atoms with Crippen molar-refractivity contribution in [2.24, 2.45) is 5.92 Å². The Labute approximate surface area is 108 Å². The molecule has 1 saturated heterocycles. The Morgan fingerprint density at radius 3 is 2.67 bits per heavy atom. The van der Waals surface area contributed by atoms with Crippen molar-refractivity contribution in [2.75, 3.05) is 18.8 Å². The summed E-state index contributed by atoms with van der Waals surface area (Å²) in [4.78, 5) is 18.4. The maximum atomic E-state index is 12.3. The molecular formula is C14H21N3O. The molecule has 2 rings (SSSR count). The monoisotopic (exact) mass is 247 g/mol. The van der Waals surface area contributed by atoms with E-state index in [4.69, 9.17) is 5.73 Å². The average Bonchev–Trinajstić information content (AvgIpc) is 2.37. The van der Waals surface area contributed by atoms with Crippen LogP contribution in [0.15, 0.2) is 12.1 Å². The van der Waals surface area contributed by atoms with Crippen molar-refractivity contribution in [3.63, 3.8) is 0 Å². The molecule has 2 heterocycles. The fourth-order valence-corrected chi connectivity index (χ4v) is 2.54. The van der Waals surface area contributed by atoms with Gasteiger partial charge in [0, 0.05) is 24.3 Å². The molecule has 98 valence electrons. The first kappa shape index (κ1) is 12.9. The van der Waals surface area contributed by atoms with Crippen LogP contribution in [0.2, 0.25) is 0 Å². The van der Waals surface area contributed by atoms with Gasteiger partial charge >= 0.3 is 0 Å². The van der Waals surface area contributed by atoms with Crippen LogP contribution < -0.4 is 5.73 Å². The molecule has 1 fully saturated rings. The second-order valence-electron chi connectivity index (χ2n) is 5.07. The number of nitrogen functional groups attached to an aromatic ring is 1. The van der Waals surface area contributed by atoms with E-state index in [1.165, 1.54) is 6.42 Å². The maximum absolute atomic E-state index is 12.3. The number of pyridine rings is 1. The Morgan fingerprint density at radius 2 is 2.11 bits per heavy atom. The van der Waals surface area contributed by atoms with Gasteiger partial charge in [0.05, 0.1) is 0 Å². The highest BCUT2D eigenvalue weighted by Gasteiger charge is 2.22. The van der Waals surface area contributed by atoms with Crippen LogP contribution in [-0.2, 0) is 0 Å². The average molecular weight is 247 g/mol. The second-order valence-corrected chi connectivity index (χ2v) is 5.07. The zero-order valence-corrected chi connectivity index (χ0v) is 11.1. The van der Waals surface area contributed by atoms with Crippen LogP contribution in [0, 0.1) is 12.8 Å². The normalized spacial score (nSPS) is 16.9. The molecule has 0 aromatic carbocycles. The summed E-state index contributed by atoms with van der Waals surface area (Å²) < 4.78 is 0. The minimum absolute atomic E-state index is 0.0850. The van der Waals surface area contributed by atoms with Crippen LogP contribution in [0.5, 0.6) is 0 Å². The second kappa shape index (κ2) is 5.38. The van der Waals surface area contributed by atoms with E-state index in [2.05, 4.69) is 11.9 Å². The summed E-state index contributed by atoms with van der Waals surface area (Å²) in [6.07, 6.45) is 3.44. The lowest BCUT2D eigenvalue weighted by molar-refractivity contribution is 0.0688. The Bertz CT molecular complexity index is 416. The zero-order valence-electron chi connectivity index (χ0n) is 11.1. The topological polar surface area (TPSA) is 59.2 Å². The molecule has 1 aliphatic rings. The molecular weight excluding hydrogens is 226 g/mol. The molecule has 4 heteroatoms. The quantitative estimate of drug-likeness (QED) is 0.871. The van der Waals surface area contributed by atoms with Crippen molar-refractivity contribution in [3.8, 4) is 0 Å². The zero-order chi connectivity index (χ0) is 13.1. The number of nitrogens with zero attached hydrogens (tertiary/aromatic N) is 2. The van der Waals surface area contributed by atoms with Gasteiger partial charge in [-0.2, -0.15) is 0 Å². The van der Waals surface area contributed by atoms with Gasteiger partial charge in [0.25, 0.3) is 5.91 Å². The Morgan fingerprint density at radius 1 is 1.44 bits per heavy atom. The van der Waals surface area contributed by atoms with Gasteiger partial charge in [0.1, 0.15) is 5.82 Å². The van der Waals surface area contributed by atoms with E-state index in [1.807, 2.05) is 17.9 Å². The summed E-state index contributed by atoms with van der Waals surface area (Å²) in [5.41, 5.74) is 7.14. The van der Waals surface area contributed by atoms with Crippen LogP contribution >= 0.6 is 0 Å². The number of anilines is 1. The van der Waals surface area contributed by atoms with Gasteiger partial charge in [0.2, 0.25) is 0 Å². The lowest BCUT2D eigenvalue weighted by Gasteiger charge is -2.31. The van der Waals surface area contributed by atoms with Crippen LogP contribution in [0.1, 0.15) is 42.2 Å². The molecule has 0 aliphatic carbocycles. The van der Waals surface area contributed by atoms with E-state index in [-0.39, 0.29) is 5.91 Å². The lowest BCUT2D eigenvalue weighted by atomic mass is 9.94. The molecule has 0 atom stereocenters. The number of rotatable bonds is 2. The minimum Gasteiger partial charge on any atom is -0.384 e. The molecule has 4 nitrogen and oxygen atoms in total. The summed E-state index contributed by atoms with van der Waals surface area (Å²) in [5, 5.41) is 0. The summed E-state index contributed by atoms with van der Waals surface area (Å²) in [6.45, 7) is 5.79. The smallest absolute Gasteiger partial charge is 0.254 e. The van der Waals surface area contributed by atoms with Crippen LogP contribution in [0.3, 0.4) is 0 Å². The number of aromatic nitrogens is 1. The molecule has 1 amide bonds. The first-order valence-corrected chi connectivity index (χ1v) is 6.63. The van der Waals surface area contributed by atoms with Gasteiger partial charge in [-0.15, -0.1) is 0 Å². The van der Waals surface area contributed by atoms with Crippen LogP contribution in [-0.4, -0.2) is 28.9 Å². The number of amides is 1. The van der Waals surface area contributed by atoms with Crippen molar-refractivity contribution in [1.82, 2.24) is 9.88 Å². The summed E-state index contributed by atoms with van der Waals surface area (Å²) in [5.74, 6) is 1.28. The molecule has 0 unspecified atom stereocenters. The minimum atomic E-state index is 0.0850. The van der Waals surface area contributed by atoms with Gasteiger partial charge < -0.3 is 10.6 Å². The SMILES string of the molecule is CCC1CCN(C(=O)c2cc(C)nc(N)c2)CC1. The van der Waals surface area contributed by atoms with Gasteiger partial charge in [-0.3, -0.25) is 4.79 Å². The fourth-order valence-electron chi connectivity index (χ4n) is 2.54. The number of aryl methyl sites for hydroxylation is 1. The standard InChI is InChI=1S/C14H21N3O/c1-3-11-4-6-17(7-5-11)14(18)12-8-10(2)16-13(15)9-12/h8-9,11H,3-7H2,1-2H3,(H2,15,16). The number of carbonyl (C=O) groups is 1. The summed E-state index contributed by atoms with van der Waals surface area (Å²) in [7, 11) is 0. The number of hydrogen-bond donors (Lipinski definition) is 1. The molecule has 18 heavy (non-hydrogen) atoms. The van der Waals surface area contributed by atoms with Crippen molar-refractivity contribution in [2.45, 2.75) is 33.1 Å². The van der Waals surface area contributed by atoms with E-state index in [0.29, 0.717) is 11.4 Å². The number of likely N-dealkylation sites (tertiary alicyclic amines) is 1. The van der Waals surface area contributed by atoms with Crippen molar-refractivity contribution >= 4 is 11.7 Å². The van der Waals surface area contributed by atoms with E-state index in [1.54, 1.807) is 6.07 Å². The molecule has 0 spiro atoms. The van der Waals surface area contributed by atoms with Gasteiger partial charge in [-0.1, -0.05) is 13.3 Å². The highest BCUT2D eigenvalue weighted by Crippen LogP contribution is 2.21. The molecule has 2 N–H and O–H groups in total. The van der Waals surface area contributed by atoms with Gasteiger partial charge in [0.15, 0.2) is 0 Å². The van der Waals surface area contributed by atoms with E-state index < -0.39 is 0 Å². The van der Waals surface area contributed by atoms with Crippen LogP contribution in [0.4, 0.5) is 5.82 Å². The molecule has 1 aliphatic heterocycles. The molecule has 1 aromatic heterocycles. The summed E-state index contributed by atoms with van der Waals surface area (Å²) >= 11 is 0. The number of piperidine rings is 1. The lowest BCUT2D eigenvalue weighted by Crippen LogP contribution is -2.38. The number of carbonyl (C=O) groups excluding carboxylic acids is 1. The third kappa shape index (κ3) is 2.81. The van der Waals surface area contributed by atoms with Crippen molar-refractivity contribution in [3.05, 3.63) is 23.4 Å². The molecule has 0 bridgehead atoms. The first-order valence-electron chi connectivity index (χ1n) is 6.63. The summed E-state index contributed by atoms with van der Waals surface area (Å²) in [6, 6.07) is 3.48. The third-order valence-electron chi connectivity index (χ3n) is 3.70.